The molecule has 1 amide bonds. The average molecular weight is 382 g/mol. The maximum Gasteiger partial charge on any atom is 0.256 e. The third kappa shape index (κ3) is 4.75. The largest absolute Gasteiger partial charge is 0.507 e. The van der Waals surface area contributed by atoms with E-state index in [-0.39, 0.29) is 17.7 Å². The predicted molar refractivity (Wildman–Crippen MR) is 114 cm³/mol. The van der Waals surface area contributed by atoms with Crippen LogP contribution in [0, 0.1) is 6.92 Å². The summed E-state index contributed by atoms with van der Waals surface area (Å²) in [5.74, 6) is -0.114. The van der Waals surface area contributed by atoms with Crippen LogP contribution in [0.4, 0.5) is 0 Å². The number of rotatable bonds is 5. The van der Waals surface area contributed by atoms with Crippen molar-refractivity contribution >= 4 is 29.8 Å². The third-order valence-corrected chi connectivity index (χ3v) is 6.09. The van der Waals surface area contributed by atoms with Crippen LogP contribution in [0.25, 0.3) is 12.2 Å². The lowest BCUT2D eigenvalue weighted by atomic mass is 9.95. The van der Waals surface area contributed by atoms with Crippen LogP contribution in [-0.2, 0) is 0 Å². The minimum atomic E-state index is -0.162. The van der Waals surface area contributed by atoms with Gasteiger partial charge in [0, 0.05) is 10.9 Å². The first-order valence-corrected chi connectivity index (χ1v) is 10.8. The quantitative estimate of drug-likeness (QED) is 0.519. The topological polar surface area (TPSA) is 49.3 Å². The number of aromatic hydroxyl groups is 1. The lowest BCUT2D eigenvalue weighted by Gasteiger charge is -2.24. The van der Waals surface area contributed by atoms with Gasteiger partial charge in [-0.2, -0.15) is 0 Å². The lowest BCUT2D eigenvalue weighted by Crippen LogP contribution is -2.36. The summed E-state index contributed by atoms with van der Waals surface area (Å²) < 4.78 is 0. The minimum Gasteiger partial charge on any atom is -0.507 e. The molecule has 1 aliphatic rings. The number of hydrogen-bond donors (Lipinski definition) is 2. The van der Waals surface area contributed by atoms with Crippen molar-refractivity contribution in [2.45, 2.75) is 50.0 Å². The molecule has 4 heteroatoms. The monoisotopic (exact) mass is 381 g/mol. The summed E-state index contributed by atoms with van der Waals surface area (Å²) in [6.07, 6.45) is 11.6. The fourth-order valence-electron chi connectivity index (χ4n) is 3.66. The Morgan fingerprint density at radius 2 is 1.85 bits per heavy atom. The molecule has 27 heavy (non-hydrogen) atoms. The van der Waals surface area contributed by atoms with E-state index in [0.29, 0.717) is 5.56 Å². The summed E-state index contributed by atoms with van der Waals surface area (Å²) in [7, 11) is 0. The summed E-state index contributed by atoms with van der Waals surface area (Å²) in [5.41, 5.74) is 3.44. The Balaban J connectivity index is 1.88. The number of nitrogens with one attached hydrogen (secondary N) is 1. The van der Waals surface area contributed by atoms with Crippen molar-refractivity contribution in [2.24, 2.45) is 0 Å². The molecule has 2 aromatic rings. The summed E-state index contributed by atoms with van der Waals surface area (Å²) in [6.45, 7) is 2.01. The average Bonchev–Trinajstić information content (AvgIpc) is 2.69. The van der Waals surface area contributed by atoms with E-state index in [0.717, 1.165) is 47.3 Å². The van der Waals surface area contributed by atoms with Gasteiger partial charge in [0.1, 0.15) is 5.75 Å². The van der Waals surface area contributed by atoms with Crippen molar-refractivity contribution in [3.63, 3.8) is 0 Å². The van der Waals surface area contributed by atoms with Crippen molar-refractivity contribution in [2.75, 3.05) is 6.26 Å². The number of phenols is 1. The molecule has 0 aromatic heterocycles. The zero-order valence-corrected chi connectivity index (χ0v) is 16.8. The van der Waals surface area contributed by atoms with Crippen LogP contribution in [-0.4, -0.2) is 23.3 Å². The molecule has 0 atom stereocenters. The zero-order chi connectivity index (χ0) is 19.2. The Bertz CT molecular complexity index is 824. The van der Waals surface area contributed by atoms with Crippen LogP contribution in [0.3, 0.4) is 0 Å². The number of carbonyl (C=O) groups excluding carboxylic acids is 1. The van der Waals surface area contributed by atoms with Gasteiger partial charge < -0.3 is 10.4 Å². The van der Waals surface area contributed by atoms with Gasteiger partial charge in [0.05, 0.1) is 5.56 Å². The number of thioether (sulfide) groups is 1. The molecule has 3 nitrogen and oxygen atoms in total. The highest BCUT2D eigenvalue weighted by Gasteiger charge is 2.23. The van der Waals surface area contributed by atoms with E-state index in [4.69, 9.17) is 0 Å². The second-order valence-electron chi connectivity index (χ2n) is 7.07. The summed E-state index contributed by atoms with van der Waals surface area (Å²) >= 11 is 1.51. The molecule has 2 aromatic carbocycles. The molecular weight excluding hydrogens is 354 g/mol. The molecule has 3 rings (SSSR count). The van der Waals surface area contributed by atoms with Gasteiger partial charge in [-0.15, -0.1) is 11.8 Å². The van der Waals surface area contributed by atoms with E-state index in [1.165, 1.54) is 18.2 Å². The molecule has 1 aliphatic carbocycles. The minimum absolute atomic E-state index is 0.0472. The third-order valence-electron chi connectivity index (χ3n) is 5.18. The van der Waals surface area contributed by atoms with Gasteiger partial charge in [-0.1, -0.05) is 61.7 Å². The van der Waals surface area contributed by atoms with Gasteiger partial charge in [0.2, 0.25) is 0 Å². The van der Waals surface area contributed by atoms with Gasteiger partial charge in [-0.25, -0.2) is 0 Å². The molecule has 0 heterocycles. The number of hydrogen-bond acceptors (Lipinski definition) is 3. The summed E-state index contributed by atoms with van der Waals surface area (Å²) in [4.78, 5) is 13.7. The Morgan fingerprint density at radius 1 is 1.15 bits per heavy atom. The molecule has 142 valence electrons. The van der Waals surface area contributed by atoms with E-state index in [1.54, 1.807) is 6.07 Å². The van der Waals surface area contributed by atoms with E-state index < -0.39 is 0 Å². The van der Waals surface area contributed by atoms with E-state index in [2.05, 4.69) is 5.32 Å². The van der Waals surface area contributed by atoms with Crippen molar-refractivity contribution in [1.29, 1.82) is 0 Å². The maximum atomic E-state index is 12.9. The number of carbonyl (C=O) groups is 1. The highest BCUT2D eigenvalue weighted by molar-refractivity contribution is 7.98. The molecule has 0 unspecified atom stereocenters. The van der Waals surface area contributed by atoms with Gasteiger partial charge in [0.25, 0.3) is 5.91 Å². The van der Waals surface area contributed by atoms with E-state index in [9.17, 15) is 9.90 Å². The first-order valence-electron chi connectivity index (χ1n) is 9.54. The lowest BCUT2D eigenvalue weighted by molar-refractivity contribution is 0.0921. The normalized spacial score (nSPS) is 15.2. The summed E-state index contributed by atoms with van der Waals surface area (Å²) in [5, 5.41) is 13.7. The van der Waals surface area contributed by atoms with Gasteiger partial charge in [-0.05, 0) is 48.8 Å². The maximum absolute atomic E-state index is 12.9. The molecule has 1 fully saturated rings. The molecule has 0 bridgehead atoms. The second-order valence-corrected chi connectivity index (χ2v) is 7.89. The zero-order valence-electron chi connectivity index (χ0n) is 16.0. The van der Waals surface area contributed by atoms with Crippen LogP contribution in [0.5, 0.6) is 5.75 Å². The van der Waals surface area contributed by atoms with E-state index >= 15 is 0 Å². The van der Waals surface area contributed by atoms with Crippen LogP contribution >= 0.6 is 11.8 Å². The van der Waals surface area contributed by atoms with Gasteiger partial charge >= 0.3 is 0 Å². The highest BCUT2D eigenvalue weighted by atomic mass is 32.2. The fourth-order valence-corrected chi connectivity index (χ4v) is 4.49. The molecule has 0 radical (unpaired) electrons. The van der Waals surface area contributed by atoms with Crippen molar-refractivity contribution in [3.05, 3.63) is 58.7 Å². The standard InChI is InChI=1S/C23H27NO2S/c1-16-18(14-13-17-9-5-3-6-10-17)15-20(25)21(22(16)27-2)23(26)24-19-11-7-4-8-12-19/h3,5-6,9-10,13-15,19,25H,4,7-8,11-12H2,1-2H3,(H,24,26)/b14-13+. The molecular formula is C23H27NO2S. The Kier molecular flexibility index (Phi) is 6.62. The number of amides is 1. The molecule has 0 saturated heterocycles. The van der Waals surface area contributed by atoms with E-state index in [1.807, 2.05) is 55.7 Å². The molecule has 1 saturated carbocycles. The second kappa shape index (κ2) is 9.14. The van der Waals surface area contributed by atoms with Crippen LogP contribution in [0.1, 0.15) is 59.2 Å². The number of phenolic OH excluding ortho intramolecular Hbond substituents is 1. The first kappa shape index (κ1) is 19.6. The first-order chi connectivity index (χ1) is 13.1. The van der Waals surface area contributed by atoms with Crippen molar-refractivity contribution in [1.82, 2.24) is 5.32 Å². The van der Waals surface area contributed by atoms with Crippen LogP contribution in [0.2, 0.25) is 0 Å². The summed E-state index contributed by atoms with van der Waals surface area (Å²) in [6, 6.07) is 12.0. The number of benzene rings is 2. The van der Waals surface area contributed by atoms with Crippen molar-refractivity contribution < 1.29 is 9.90 Å². The van der Waals surface area contributed by atoms with Gasteiger partial charge in [-0.3, -0.25) is 4.79 Å². The Morgan fingerprint density at radius 3 is 2.52 bits per heavy atom. The predicted octanol–water partition coefficient (Wildman–Crippen LogP) is 5.66. The van der Waals surface area contributed by atoms with Crippen LogP contribution in [0.15, 0.2) is 41.3 Å². The smallest absolute Gasteiger partial charge is 0.256 e. The van der Waals surface area contributed by atoms with Gasteiger partial charge in [0.15, 0.2) is 0 Å². The molecule has 0 aliphatic heterocycles. The molecule has 2 N–H and O–H groups in total. The van der Waals surface area contributed by atoms with Crippen LogP contribution < -0.4 is 5.32 Å². The fraction of sp³-hybridized carbons (Fsp3) is 0.348. The van der Waals surface area contributed by atoms with Crippen molar-refractivity contribution in [3.8, 4) is 5.75 Å². The SMILES string of the molecule is CSc1c(C)c(/C=C/c2ccccc2)cc(O)c1C(=O)NC1CCCCC1. The Labute approximate surface area is 165 Å². The Hall–Kier alpha value is -2.20. The highest BCUT2D eigenvalue weighted by Crippen LogP contribution is 2.35. The molecule has 0 spiro atoms.